The van der Waals surface area contributed by atoms with Crippen molar-refractivity contribution in [1.82, 2.24) is 0 Å². The molecule has 1 aromatic carbocycles. The van der Waals surface area contributed by atoms with E-state index in [1.807, 2.05) is 0 Å². The first-order valence-electron chi connectivity index (χ1n) is 3.97. The fraction of sp³-hybridized carbons (Fsp3) is 0.333. The first-order chi connectivity index (χ1) is 6.49. The van der Waals surface area contributed by atoms with E-state index in [4.69, 9.17) is 22.4 Å². The van der Waals surface area contributed by atoms with Crippen LogP contribution in [0.15, 0.2) is 24.3 Å². The van der Waals surface area contributed by atoms with Crippen LogP contribution >= 0.6 is 11.6 Å². The van der Waals surface area contributed by atoms with Crippen molar-refractivity contribution in [1.29, 1.82) is 0 Å². The third-order valence-corrected chi connectivity index (χ3v) is 2.25. The van der Waals surface area contributed by atoms with Gasteiger partial charge >= 0.3 is 0 Å². The average molecular weight is 222 g/mol. The minimum Gasteiger partial charge on any atom is -0.390 e. The van der Waals surface area contributed by atoms with Gasteiger partial charge in [-0.2, -0.15) is 0 Å². The lowest BCUT2D eigenvalue weighted by atomic mass is 10.0. The molecule has 3 N–H and O–H groups in total. The normalized spacial score (nSPS) is 14.1. The zero-order valence-electron chi connectivity index (χ0n) is 7.25. The minimum atomic E-state index is -3.36. The second kappa shape index (κ2) is 4.21. The number of benzene rings is 1. The molecule has 0 amide bonds. The Morgan fingerprint density at radius 2 is 2.00 bits per heavy atom. The Kier molecular flexibility index (Phi) is 3.42. The lowest BCUT2D eigenvalue weighted by Gasteiger charge is -2.22. The number of alkyl halides is 2. The quantitative estimate of drug-likeness (QED) is 0.820. The molecular weight excluding hydrogens is 212 g/mol. The highest BCUT2D eigenvalue weighted by Gasteiger charge is 2.38. The summed E-state index contributed by atoms with van der Waals surface area (Å²) in [6, 6.07) is 4.49. The van der Waals surface area contributed by atoms with Gasteiger partial charge in [0, 0.05) is 5.02 Å². The lowest BCUT2D eigenvalue weighted by molar-refractivity contribution is -0.0711. The Morgan fingerprint density at radius 1 is 1.43 bits per heavy atom. The predicted molar refractivity (Wildman–Crippen MR) is 50.4 cm³/mol. The summed E-state index contributed by atoms with van der Waals surface area (Å²) < 4.78 is 26.0. The van der Waals surface area contributed by atoms with Crippen LogP contribution in [0.25, 0.3) is 0 Å². The van der Waals surface area contributed by atoms with E-state index in [0.29, 0.717) is 0 Å². The molecule has 2 nitrogen and oxygen atoms in total. The van der Waals surface area contributed by atoms with Crippen LogP contribution in [0.5, 0.6) is 0 Å². The van der Waals surface area contributed by atoms with Gasteiger partial charge in [-0.1, -0.05) is 29.8 Å². The molecule has 0 radical (unpaired) electrons. The van der Waals surface area contributed by atoms with Gasteiger partial charge in [-0.25, -0.2) is 8.78 Å². The molecular formula is C9H10ClF2NO. The molecule has 0 aliphatic carbocycles. The summed E-state index contributed by atoms with van der Waals surface area (Å²) in [5.74, 6) is -3.36. The van der Waals surface area contributed by atoms with Crippen LogP contribution in [-0.4, -0.2) is 17.6 Å². The SMILES string of the molecule is N[C@@H](c1ccccc1Cl)C(F)(F)CO. The molecule has 5 heteroatoms. The molecule has 1 atom stereocenters. The van der Waals surface area contributed by atoms with Crippen molar-refractivity contribution in [3.63, 3.8) is 0 Å². The Morgan fingerprint density at radius 3 is 2.50 bits per heavy atom. The number of halogens is 3. The molecule has 78 valence electrons. The largest absolute Gasteiger partial charge is 0.390 e. The van der Waals surface area contributed by atoms with Gasteiger partial charge in [0.25, 0.3) is 5.92 Å². The van der Waals surface area contributed by atoms with E-state index >= 15 is 0 Å². The van der Waals surface area contributed by atoms with Crippen LogP contribution in [0.1, 0.15) is 11.6 Å². The molecule has 0 aliphatic heterocycles. The highest BCUT2D eigenvalue weighted by atomic mass is 35.5. The molecule has 0 spiro atoms. The molecule has 0 fully saturated rings. The Bertz CT molecular complexity index is 319. The van der Waals surface area contributed by atoms with Gasteiger partial charge in [0.05, 0.1) is 6.04 Å². The molecule has 0 saturated carbocycles. The second-order valence-electron chi connectivity index (χ2n) is 2.92. The molecule has 0 heterocycles. The highest BCUT2D eigenvalue weighted by Crippen LogP contribution is 2.32. The van der Waals surface area contributed by atoms with Gasteiger partial charge in [-0.15, -0.1) is 0 Å². The topological polar surface area (TPSA) is 46.2 Å². The van der Waals surface area contributed by atoms with Crippen molar-refractivity contribution in [3.05, 3.63) is 34.9 Å². The zero-order valence-corrected chi connectivity index (χ0v) is 8.01. The Hall–Kier alpha value is -0.710. The summed E-state index contributed by atoms with van der Waals surface area (Å²) in [6.07, 6.45) is 0. The minimum absolute atomic E-state index is 0.133. The smallest absolute Gasteiger partial charge is 0.289 e. The van der Waals surface area contributed by atoms with Gasteiger partial charge in [-0.3, -0.25) is 0 Å². The molecule has 1 aromatic rings. The summed E-state index contributed by atoms with van der Waals surface area (Å²) in [7, 11) is 0. The van der Waals surface area contributed by atoms with Gasteiger partial charge in [0.1, 0.15) is 6.61 Å². The van der Waals surface area contributed by atoms with Crippen molar-refractivity contribution >= 4 is 11.6 Å². The number of nitrogens with two attached hydrogens (primary N) is 1. The zero-order chi connectivity index (χ0) is 10.8. The first-order valence-corrected chi connectivity index (χ1v) is 4.35. The van der Waals surface area contributed by atoms with Crippen molar-refractivity contribution in [2.24, 2.45) is 5.73 Å². The van der Waals surface area contributed by atoms with Crippen molar-refractivity contribution in [2.45, 2.75) is 12.0 Å². The van der Waals surface area contributed by atoms with E-state index in [2.05, 4.69) is 0 Å². The van der Waals surface area contributed by atoms with Gasteiger partial charge in [-0.05, 0) is 11.6 Å². The fourth-order valence-corrected chi connectivity index (χ4v) is 1.31. The maximum absolute atomic E-state index is 13.0. The third kappa shape index (κ3) is 2.20. The molecule has 0 bridgehead atoms. The van der Waals surface area contributed by atoms with E-state index in [-0.39, 0.29) is 10.6 Å². The Balaban J connectivity index is 3.00. The van der Waals surface area contributed by atoms with Crippen molar-refractivity contribution in [2.75, 3.05) is 6.61 Å². The van der Waals surface area contributed by atoms with E-state index in [0.717, 1.165) is 0 Å². The summed E-state index contributed by atoms with van der Waals surface area (Å²) in [5, 5.41) is 8.62. The highest BCUT2D eigenvalue weighted by molar-refractivity contribution is 6.31. The fourth-order valence-electron chi connectivity index (χ4n) is 1.05. The van der Waals surface area contributed by atoms with Gasteiger partial charge in [0.2, 0.25) is 0 Å². The third-order valence-electron chi connectivity index (χ3n) is 1.91. The Labute approximate surface area is 85.3 Å². The number of rotatable bonds is 3. The monoisotopic (exact) mass is 221 g/mol. The molecule has 1 rings (SSSR count). The number of hydrogen-bond donors (Lipinski definition) is 2. The van der Waals surface area contributed by atoms with Crippen molar-refractivity contribution in [3.8, 4) is 0 Å². The molecule has 0 aromatic heterocycles. The summed E-state index contributed by atoms with van der Waals surface area (Å²) >= 11 is 5.69. The molecule has 0 unspecified atom stereocenters. The maximum atomic E-state index is 13.0. The van der Waals surface area contributed by atoms with Gasteiger partial charge < -0.3 is 10.8 Å². The average Bonchev–Trinajstić information content (AvgIpc) is 2.17. The summed E-state index contributed by atoms with van der Waals surface area (Å²) in [5.41, 5.74) is 5.42. The number of aliphatic hydroxyl groups is 1. The van der Waals surface area contributed by atoms with Crippen molar-refractivity contribution < 1.29 is 13.9 Å². The molecule has 0 saturated heterocycles. The molecule has 14 heavy (non-hydrogen) atoms. The predicted octanol–water partition coefficient (Wildman–Crippen LogP) is 1.97. The van der Waals surface area contributed by atoms with E-state index in [1.165, 1.54) is 12.1 Å². The standard InChI is InChI=1S/C9H10ClF2NO/c10-7-4-2-1-3-6(7)8(13)9(11,12)5-14/h1-4,8,14H,5,13H2/t8-/m0/s1. The van der Waals surface area contributed by atoms with Crippen LogP contribution in [0.3, 0.4) is 0 Å². The van der Waals surface area contributed by atoms with Crippen LogP contribution < -0.4 is 5.73 Å². The summed E-state index contributed by atoms with van der Waals surface area (Å²) in [6.45, 7) is -1.29. The summed E-state index contributed by atoms with van der Waals surface area (Å²) in [4.78, 5) is 0. The number of hydrogen-bond acceptors (Lipinski definition) is 2. The maximum Gasteiger partial charge on any atom is 0.289 e. The van der Waals surface area contributed by atoms with Crippen LogP contribution in [-0.2, 0) is 0 Å². The van der Waals surface area contributed by atoms with Crippen LogP contribution in [0.2, 0.25) is 5.02 Å². The van der Waals surface area contributed by atoms with Gasteiger partial charge in [0.15, 0.2) is 0 Å². The lowest BCUT2D eigenvalue weighted by Crippen LogP contribution is -2.36. The van der Waals surface area contributed by atoms with Crippen LogP contribution in [0, 0.1) is 0 Å². The second-order valence-corrected chi connectivity index (χ2v) is 3.33. The first kappa shape index (κ1) is 11.4. The van der Waals surface area contributed by atoms with E-state index in [1.54, 1.807) is 12.1 Å². The van der Waals surface area contributed by atoms with Crippen LogP contribution in [0.4, 0.5) is 8.78 Å². The number of aliphatic hydroxyl groups excluding tert-OH is 1. The molecule has 0 aliphatic rings. The van der Waals surface area contributed by atoms with E-state index in [9.17, 15) is 8.78 Å². The van der Waals surface area contributed by atoms with E-state index < -0.39 is 18.6 Å².